The molecular formula is C22H24FN3O3. The van der Waals surface area contributed by atoms with E-state index in [0.717, 1.165) is 17.5 Å². The Morgan fingerprint density at radius 1 is 1.14 bits per heavy atom. The SMILES string of the molecule is CN(C(=O)N1CCc2ccccc2[C@@H]1c1ccc(F)cc1)C1CC(NC(=O)O)C1. The minimum atomic E-state index is -1.04. The molecule has 1 atom stereocenters. The summed E-state index contributed by atoms with van der Waals surface area (Å²) in [4.78, 5) is 27.7. The lowest BCUT2D eigenvalue weighted by atomic mass is 9.85. The van der Waals surface area contributed by atoms with Crippen LogP contribution in [-0.4, -0.2) is 52.7 Å². The number of urea groups is 1. The van der Waals surface area contributed by atoms with Gasteiger partial charge in [-0.3, -0.25) is 0 Å². The first-order chi connectivity index (χ1) is 13.9. The van der Waals surface area contributed by atoms with Crippen LogP contribution in [0, 0.1) is 5.82 Å². The van der Waals surface area contributed by atoms with Crippen LogP contribution in [0.4, 0.5) is 14.0 Å². The van der Waals surface area contributed by atoms with Gasteiger partial charge in [0.05, 0.1) is 6.04 Å². The molecule has 0 unspecified atom stereocenters. The maximum atomic E-state index is 13.5. The van der Waals surface area contributed by atoms with Crippen molar-refractivity contribution in [1.82, 2.24) is 15.1 Å². The largest absolute Gasteiger partial charge is 0.465 e. The van der Waals surface area contributed by atoms with E-state index in [0.29, 0.717) is 19.4 Å². The van der Waals surface area contributed by atoms with Gasteiger partial charge in [0.15, 0.2) is 0 Å². The molecule has 152 valence electrons. The highest BCUT2D eigenvalue weighted by molar-refractivity contribution is 5.76. The van der Waals surface area contributed by atoms with Crippen molar-refractivity contribution in [1.29, 1.82) is 0 Å². The molecule has 0 aromatic heterocycles. The van der Waals surface area contributed by atoms with Gasteiger partial charge >= 0.3 is 12.1 Å². The quantitative estimate of drug-likeness (QED) is 0.831. The summed E-state index contributed by atoms with van der Waals surface area (Å²) < 4.78 is 13.5. The van der Waals surface area contributed by atoms with Crippen LogP contribution in [-0.2, 0) is 6.42 Å². The Kier molecular flexibility index (Phi) is 5.13. The monoisotopic (exact) mass is 397 g/mol. The molecule has 4 rings (SSSR count). The van der Waals surface area contributed by atoms with Gasteiger partial charge in [0, 0.05) is 25.7 Å². The summed E-state index contributed by atoms with van der Waals surface area (Å²) in [6, 6.07) is 13.9. The predicted molar refractivity (Wildman–Crippen MR) is 106 cm³/mol. The molecule has 1 heterocycles. The number of halogens is 1. The first-order valence-corrected chi connectivity index (χ1v) is 9.80. The summed E-state index contributed by atoms with van der Waals surface area (Å²) in [6.45, 7) is 0.575. The van der Waals surface area contributed by atoms with Crippen LogP contribution in [0.3, 0.4) is 0 Å². The van der Waals surface area contributed by atoms with E-state index >= 15 is 0 Å². The van der Waals surface area contributed by atoms with E-state index in [-0.39, 0.29) is 30.0 Å². The maximum absolute atomic E-state index is 13.5. The van der Waals surface area contributed by atoms with Crippen LogP contribution >= 0.6 is 0 Å². The van der Waals surface area contributed by atoms with Gasteiger partial charge in [-0.1, -0.05) is 36.4 Å². The fourth-order valence-electron chi connectivity index (χ4n) is 4.33. The first-order valence-electron chi connectivity index (χ1n) is 9.80. The fraction of sp³-hybridized carbons (Fsp3) is 0.364. The van der Waals surface area contributed by atoms with Crippen LogP contribution in [0.15, 0.2) is 48.5 Å². The van der Waals surface area contributed by atoms with E-state index in [1.165, 1.54) is 17.7 Å². The Hall–Kier alpha value is -3.09. The number of fused-ring (bicyclic) bond motifs is 1. The van der Waals surface area contributed by atoms with E-state index in [9.17, 15) is 14.0 Å². The summed E-state index contributed by atoms with van der Waals surface area (Å²) in [5.74, 6) is -0.306. The van der Waals surface area contributed by atoms with E-state index in [1.54, 1.807) is 24.1 Å². The number of benzene rings is 2. The summed E-state index contributed by atoms with van der Waals surface area (Å²) in [7, 11) is 1.77. The van der Waals surface area contributed by atoms with Gasteiger partial charge in [0.2, 0.25) is 0 Å². The third-order valence-corrected chi connectivity index (χ3v) is 6.01. The van der Waals surface area contributed by atoms with Gasteiger partial charge in [-0.15, -0.1) is 0 Å². The van der Waals surface area contributed by atoms with E-state index in [1.807, 2.05) is 23.1 Å². The van der Waals surface area contributed by atoms with Gasteiger partial charge in [0.1, 0.15) is 5.82 Å². The molecule has 3 amide bonds. The van der Waals surface area contributed by atoms with Crippen LogP contribution in [0.5, 0.6) is 0 Å². The lowest BCUT2D eigenvalue weighted by molar-refractivity contribution is 0.0944. The Bertz CT molecular complexity index is 912. The third kappa shape index (κ3) is 3.77. The summed E-state index contributed by atoms with van der Waals surface area (Å²) in [5.41, 5.74) is 3.13. The van der Waals surface area contributed by atoms with Crippen molar-refractivity contribution in [3.05, 3.63) is 71.0 Å². The number of rotatable bonds is 3. The zero-order valence-corrected chi connectivity index (χ0v) is 16.2. The second-order valence-corrected chi connectivity index (χ2v) is 7.76. The van der Waals surface area contributed by atoms with Crippen molar-refractivity contribution < 1.29 is 19.1 Å². The van der Waals surface area contributed by atoms with Crippen LogP contribution in [0.2, 0.25) is 0 Å². The molecule has 0 saturated heterocycles. The highest BCUT2D eigenvalue weighted by atomic mass is 19.1. The Balaban J connectivity index is 1.57. The minimum Gasteiger partial charge on any atom is -0.465 e. The molecule has 1 aliphatic carbocycles. The van der Waals surface area contributed by atoms with Gasteiger partial charge in [-0.25, -0.2) is 14.0 Å². The van der Waals surface area contributed by atoms with Crippen LogP contribution < -0.4 is 5.32 Å². The second-order valence-electron chi connectivity index (χ2n) is 7.76. The molecule has 2 N–H and O–H groups in total. The lowest BCUT2D eigenvalue weighted by Gasteiger charge is -2.45. The predicted octanol–water partition coefficient (Wildman–Crippen LogP) is 3.62. The topological polar surface area (TPSA) is 72.9 Å². The number of hydrogen-bond acceptors (Lipinski definition) is 2. The van der Waals surface area contributed by atoms with E-state index in [4.69, 9.17) is 5.11 Å². The molecule has 1 fully saturated rings. The number of nitrogens with zero attached hydrogens (tertiary/aromatic N) is 2. The molecule has 0 spiro atoms. The fourth-order valence-corrected chi connectivity index (χ4v) is 4.33. The third-order valence-electron chi connectivity index (χ3n) is 6.01. The van der Waals surface area contributed by atoms with Gasteiger partial charge < -0.3 is 20.2 Å². The molecule has 1 saturated carbocycles. The standard InChI is InChI=1S/C22H24FN3O3/c1-25(18-12-17(13-18)24-21(27)28)22(29)26-11-10-14-4-2-3-5-19(14)20(26)15-6-8-16(23)9-7-15/h2-9,17-18,20,24H,10-13H2,1H3,(H,27,28)/t17?,18?,20-/m0/s1. The van der Waals surface area contributed by atoms with Gasteiger partial charge in [0.25, 0.3) is 0 Å². The molecule has 29 heavy (non-hydrogen) atoms. The average Bonchev–Trinajstić information content (AvgIpc) is 2.69. The Labute approximate surface area is 168 Å². The van der Waals surface area contributed by atoms with Crippen molar-refractivity contribution in [3.63, 3.8) is 0 Å². The maximum Gasteiger partial charge on any atom is 0.404 e. The number of nitrogens with one attached hydrogen (secondary N) is 1. The molecule has 0 radical (unpaired) electrons. The Morgan fingerprint density at radius 2 is 1.83 bits per heavy atom. The number of amides is 3. The highest BCUT2D eigenvalue weighted by Crippen LogP contribution is 2.37. The minimum absolute atomic E-state index is 0.00499. The molecule has 1 aliphatic heterocycles. The van der Waals surface area contributed by atoms with Gasteiger partial charge in [-0.2, -0.15) is 0 Å². The number of carboxylic acid groups (broad SMARTS) is 1. The molecular weight excluding hydrogens is 373 g/mol. The summed E-state index contributed by atoms with van der Waals surface area (Å²) in [5, 5.41) is 11.3. The highest BCUT2D eigenvalue weighted by Gasteiger charge is 2.39. The molecule has 2 aliphatic rings. The number of carbonyl (C=O) groups is 2. The van der Waals surface area contributed by atoms with Crippen molar-refractivity contribution in [2.75, 3.05) is 13.6 Å². The Morgan fingerprint density at radius 3 is 2.52 bits per heavy atom. The second kappa shape index (κ2) is 7.73. The molecule has 0 bridgehead atoms. The number of hydrogen-bond donors (Lipinski definition) is 2. The van der Waals surface area contributed by atoms with Gasteiger partial charge in [-0.05, 0) is 48.1 Å². The van der Waals surface area contributed by atoms with E-state index in [2.05, 4.69) is 11.4 Å². The van der Waals surface area contributed by atoms with Crippen LogP contribution in [0.1, 0.15) is 35.6 Å². The molecule has 6 nitrogen and oxygen atoms in total. The van der Waals surface area contributed by atoms with Crippen molar-refractivity contribution >= 4 is 12.1 Å². The van der Waals surface area contributed by atoms with Crippen molar-refractivity contribution in [3.8, 4) is 0 Å². The zero-order chi connectivity index (χ0) is 20.5. The lowest BCUT2D eigenvalue weighted by Crippen LogP contribution is -2.57. The number of carbonyl (C=O) groups excluding carboxylic acids is 1. The average molecular weight is 397 g/mol. The summed E-state index contributed by atoms with van der Waals surface area (Å²) >= 11 is 0. The van der Waals surface area contributed by atoms with E-state index < -0.39 is 6.09 Å². The zero-order valence-electron chi connectivity index (χ0n) is 16.2. The molecule has 7 heteroatoms. The van der Waals surface area contributed by atoms with Crippen molar-refractivity contribution in [2.45, 2.75) is 37.4 Å². The van der Waals surface area contributed by atoms with Crippen molar-refractivity contribution in [2.24, 2.45) is 0 Å². The normalized spacial score (nSPS) is 23.0. The smallest absolute Gasteiger partial charge is 0.404 e. The first kappa shape index (κ1) is 19.2. The summed E-state index contributed by atoms with van der Waals surface area (Å²) in [6.07, 6.45) is 0.952. The van der Waals surface area contributed by atoms with Crippen LogP contribution in [0.25, 0.3) is 0 Å². The molecule has 2 aromatic rings. The molecule has 2 aromatic carbocycles.